The molecule has 0 bridgehead atoms. The molecule has 0 N–H and O–H groups in total. The third kappa shape index (κ3) is 3.19. The van der Waals surface area contributed by atoms with Crippen molar-refractivity contribution in [1.82, 2.24) is 10.2 Å². The zero-order valence-corrected chi connectivity index (χ0v) is 14.1. The summed E-state index contributed by atoms with van der Waals surface area (Å²) in [5.74, 6) is 0.231. The van der Waals surface area contributed by atoms with Crippen molar-refractivity contribution in [2.75, 3.05) is 0 Å². The molecule has 0 saturated heterocycles. The molecule has 1 aromatic heterocycles. The van der Waals surface area contributed by atoms with Crippen molar-refractivity contribution in [3.05, 3.63) is 84.3 Å². The lowest BCUT2D eigenvalue weighted by Gasteiger charge is -2.10. The van der Waals surface area contributed by atoms with Gasteiger partial charge in [0.2, 0.25) is 5.89 Å². The van der Waals surface area contributed by atoms with Crippen molar-refractivity contribution < 1.29 is 13.9 Å². The summed E-state index contributed by atoms with van der Waals surface area (Å²) >= 11 is 0. The molecule has 0 unspecified atom stereocenters. The second-order valence-electron chi connectivity index (χ2n) is 5.92. The lowest BCUT2D eigenvalue weighted by molar-refractivity contribution is 0.0280. The molecule has 0 fully saturated rings. The molecule has 0 amide bonds. The zero-order valence-electron chi connectivity index (χ0n) is 14.1. The van der Waals surface area contributed by atoms with E-state index in [4.69, 9.17) is 9.15 Å². The molecule has 0 aliphatic rings. The van der Waals surface area contributed by atoms with E-state index in [1.54, 1.807) is 13.0 Å². The van der Waals surface area contributed by atoms with E-state index >= 15 is 0 Å². The van der Waals surface area contributed by atoms with Gasteiger partial charge in [0.1, 0.15) is 0 Å². The van der Waals surface area contributed by atoms with Crippen LogP contribution in [0.25, 0.3) is 22.2 Å². The summed E-state index contributed by atoms with van der Waals surface area (Å²) in [6.45, 7) is 1.71. The van der Waals surface area contributed by atoms with Crippen LogP contribution in [0.3, 0.4) is 0 Å². The van der Waals surface area contributed by atoms with E-state index < -0.39 is 12.1 Å². The first kappa shape index (κ1) is 16.0. The van der Waals surface area contributed by atoms with Crippen LogP contribution in [-0.2, 0) is 4.74 Å². The first-order valence-corrected chi connectivity index (χ1v) is 8.29. The fourth-order valence-electron chi connectivity index (χ4n) is 2.69. The maximum atomic E-state index is 12.4. The number of benzene rings is 3. The Morgan fingerprint density at radius 1 is 0.923 bits per heavy atom. The summed E-state index contributed by atoms with van der Waals surface area (Å²) in [4.78, 5) is 12.4. The highest BCUT2D eigenvalue weighted by Crippen LogP contribution is 2.23. The Morgan fingerprint density at radius 3 is 2.46 bits per heavy atom. The molecule has 0 radical (unpaired) electrons. The molecule has 1 heterocycles. The van der Waals surface area contributed by atoms with Gasteiger partial charge in [0, 0.05) is 5.56 Å². The van der Waals surface area contributed by atoms with Crippen LogP contribution in [0, 0.1) is 0 Å². The van der Waals surface area contributed by atoms with Gasteiger partial charge in [-0.3, -0.25) is 0 Å². The van der Waals surface area contributed by atoms with Gasteiger partial charge in [0.15, 0.2) is 6.10 Å². The lowest BCUT2D eigenvalue weighted by Crippen LogP contribution is -2.09. The summed E-state index contributed by atoms with van der Waals surface area (Å²) < 4.78 is 11.1. The van der Waals surface area contributed by atoms with Crippen LogP contribution in [-0.4, -0.2) is 16.2 Å². The van der Waals surface area contributed by atoms with Gasteiger partial charge in [-0.05, 0) is 42.0 Å². The Kier molecular flexibility index (Phi) is 4.19. The van der Waals surface area contributed by atoms with Crippen molar-refractivity contribution in [2.45, 2.75) is 13.0 Å². The monoisotopic (exact) mass is 344 g/mol. The van der Waals surface area contributed by atoms with Crippen molar-refractivity contribution >= 4 is 16.7 Å². The number of aromatic nitrogens is 2. The predicted molar refractivity (Wildman–Crippen MR) is 97.5 cm³/mol. The maximum Gasteiger partial charge on any atom is 0.338 e. The Hall–Kier alpha value is -3.47. The standard InChI is InChI=1S/C21H16N2O3/c1-14(19-22-23-20(26-19)16-8-3-2-4-9-16)25-21(24)18-12-11-15-7-5-6-10-17(15)13-18/h2-14H,1H3/t14-/m0/s1. The van der Waals surface area contributed by atoms with Crippen LogP contribution in [0.5, 0.6) is 0 Å². The Labute approximate surface area is 150 Å². The van der Waals surface area contributed by atoms with E-state index in [9.17, 15) is 4.79 Å². The Morgan fingerprint density at radius 2 is 1.65 bits per heavy atom. The second-order valence-corrected chi connectivity index (χ2v) is 5.92. The number of fused-ring (bicyclic) bond motifs is 1. The highest BCUT2D eigenvalue weighted by atomic mass is 16.6. The summed E-state index contributed by atoms with van der Waals surface area (Å²) in [5.41, 5.74) is 1.30. The molecule has 4 rings (SSSR count). The fraction of sp³-hybridized carbons (Fsp3) is 0.0952. The molecular formula is C21H16N2O3. The van der Waals surface area contributed by atoms with E-state index in [2.05, 4.69) is 10.2 Å². The summed E-state index contributed by atoms with van der Waals surface area (Å²) in [5, 5.41) is 10.1. The minimum Gasteiger partial charge on any atom is -0.449 e. The zero-order chi connectivity index (χ0) is 17.9. The molecule has 26 heavy (non-hydrogen) atoms. The summed E-state index contributed by atoms with van der Waals surface area (Å²) in [7, 11) is 0. The maximum absolute atomic E-state index is 12.4. The van der Waals surface area contributed by atoms with Crippen molar-refractivity contribution in [3.63, 3.8) is 0 Å². The van der Waals surface area contributed by atoms with Gasteiger partial charge in [0.25, 0.3) is 5.89 Å². The number of hydrogen-bond acceptors (Lipinski definition) is 5. The average molecular weight is 344 g/mol. The van der Waals surface area contributed by atoms with Crippen molar-refractivity contribution in [2.24, 2.45) is 0 Å². The highest BCUT2D eigenvalue weighted by Gasteiger charge is 2.20. The molecular weight excluding hydrogens is 328 g/mol. The van der Waals surface area contributed by atoms with Crippen molar-refractivity contribution in [1.29, 1.82) is 0 Å². The smallest absolute Gasteiger partial charge is 0.338 e. The summed E-state index contributed by atoms with van der Waals surface area (Å²) in [6.07, 6.45) is -0.640. The summed E-state index contributed by atoms with van der Waals surface area (Å²) in [6, 6.07) is 22.8. The van der Waals surface area contributed by atoms with E-state index in [1.807, 2.05) is 66.7 Å². The normalized spacial score (nSPS) is 12.0. The lowest BCUT2D eigenvalue weighted by atomic mass is 10.1. The SMILES string of the molecule is C[C@H](OC(=O)c1ccc2ccccc2c1)c1nnc(-c2ccccc2)o1. The highest BCUT2D eigenvalue weighted by molar-refractivity contribution is 5.95. The first-order chi connectivity index (χ1) is 12.7. The van der Waals surface area contributed by atoms with Crippen LogP contribution in [0.15, 0.2) is 77.2 Å². The van der Waals surface area contributed by atoms with Crippen LogP contribution >= 0.6 is 0 Å². The minimum atomic E-state index is -0.640. The number of carbonyl (C=O) groups is 1. The van der Waals surface area contributed by atoms with E-state index in [1.165, 1.54) is 0 Å². The first-order valence-electron chi connectivity index (χ1n) is 8.29. The number of nitrogens with zero attached hydrogens (tertiary/aromatic N) is 2. The van der Waals surface area contributed by atoms with Gasteiger partial charge < -0.3 is 9.15 Å². The van der Waals surface area contributed by atoms with E-state index in [-0.39, 0.29) is 5.89 Å². The molecule has 3 aromatic carbocycles. The van der Waals surface area contributed by atoms with Gasteiger partial charge in [0.05, 0.1) is 5.56 Å². The molecule has 128 valence electrons. The van der Waals surface area contributed by atoms with Crippen molar-refractivity contribution in [3.8, 4) is 11.5 Å². The van der Waals surface area contributed by atoms with Gasteiger partial charge in [-0.1, -0.05) is 48.5 Å². The fourth-order valence-corrected chi connectivity index (χ4v) is 2.69. The molecule has 4 aromatic rings. The van der Waals surface area contributed by atoms with Gasteiger partial charge in [-0.15, -0.1) is 10.2 Å². The largest absolute Gasteiger partial charge is 0.449 e. The Balaban J connectivity index is 1.51. The third-order valence-electron chi connectivity index (χ3n) is 4.08. The average Bonchev–Trinajstić information content (AvgIpc) is 3.18. The Bertz CT molecular complexity index is 1060. The molecule has 0 spiro atoms. The predicted octanol–water partition coefficient (Wildman–Crippen LogP) is 4.81. The van der Waals surface area contributed by atoms with Gasteiger partial charge in [-0.2, -0.15) is 0 Å². The molecule has 0 aliphatic carbocycles. The second kappa shape index (κ2) is 6.80. The quantitative estimate of drug-likeness (QED) is 0.497. The minimum absolute atomic E-state index is 0.262. The molecule has 0 saturated carbocycles. The molecule has 5 heteroatoms. The molecule has 5 nitrogen and oxygen atoms in total. The van der Waals surface area contributed by atoms with Crippen LogP contribution in [0.2, 0.25) is 0 Å². The van der Waals surface area contributed by atoms with E-state index in [0.717, 1.165) is 16.3 Å². The van der Waals surface area contributed by atoms with E-state index in [0.29, 0.717) is 11.5 Å². The number of carbonyl (C=O) groups excluding carboxylic acids is 1. The molecule has 0 aliphatic heterocycles. The van der Waals surface area contributed by atoms with Gasteiger partial charge in [-0.25, -0.2) is 4.79 Å². The van der Waals surface area contributed by atoms with Crippen LogP contribution < -0.4 is 0 Å². The topological polar surface area (TPSA) is 65.2 Å². The number of ether oxygens (including phenoxy) is 1. The molecule has 1 atom stereocenters. The number of hydrogen-bond donors (Lipinski definition) is 0. The number of rotatable bonds is 4. The third-order valence-corrected chi connectivity index (χ3v) is 4.08. The van der Waals surface area contributed by atoms with Crippen LogP contribution in [0.4, 0.5) is 0 Å². The van der Waals surface area contributed by atoms with Crippen LogP contribution in [0.1, 0.15) is 29.3 Å². The number of esters is 1. The van der Waals surface area contributed by atoms with Gasteiger partial charge >= 0.3 is 5.97 Å².